The standard InChI is InChI=1S/C21H27N2O2/c1-4-14-13-23(2)10-8-15(14)11-20(23)21(24)17-7-9-22-19-6-5-16(25-3)12-18(17)19/h4-7,9,12,14-15,20-21,24H,1,8,10-11,13H2,2-3H3/q+1/t14?,15?,20-,21+,23?/m0/s1. The van der Waals surface area contributed by atoms with E-state index >= 15 is 0 Å². The van der Waals surface area contributed by atoms with Crippen LogP contribution in [0.15, 0.2) is 43.1 Å². The number of aromatic nitrogens is 1. The zero-order valence-electron chi connectivity index (χ0n) is 15.1. The van der Waals surface area contributed by atoms with Gasteiger partial charge in [-0.05, 0) is 35.7 Å². The van der Waals surface area contributed by atoms with Crippen molar-refractivity contribution in [3.8, 4) is 5.75 Å². The summed E-state index contributed by atoms with van der Waals surface area (Å²) in [6.07, 6.45) is 5.73. The van der Waals surface area contributed by atoms with Gasteiger partial charge in [-0.2, -0.15) is 0 Å². The second kappa shape index (κ2) is 6.11. The molecule has 3 fully saturated rings. The van der Waals surface area contributed by atoms with Crippen molar-refractivity contribution in [3.63, 3.8) is 0 Å². The Morgan fingerprint density at radius 3 is 2.96 bits per heavy atom. The van der Waals surface area contributed by atoms with E-state index in [1.54, 1.807) is 13.3 Å². The van der Waals surface area contributed by atoms with Gasteiger partial charge in [0.25, 0.3) is 0 Å². The van der Waals surface area contributed by atoms with Gasteiger partial charge in [0.05, 0.1) is 32.8 Å². The summed E-state index contributed by atoms with van der Waals surface area (Å²) >= 11 is 0. The van der Waals surface area contributed by atoms with E-state index in [1.165, 1.54) is 6.42 Å². The highest BCUT2D eigenvalue weighted by Gasteiger charge is 2.51. The molecule has 0 spiro atoms. The number of rotatable bonds is 4. The van der Waals surface area contributed by atoms with E-state index in [9.17, 15) is 5.11 Å². The molecule has 4 nitrogen and oxygen atoms in total. The summed E-state index contributed by atoms with van der Waals surface area (Å²) in [5.74, 6) is 2.03. The summed E-state index contributed by atoms with van der Waals surface area (Å²) < 4.78 is 6.31. The van der Waals surface area contributed by atoms with E-state index in [0.717, 1.165) is 46.2 Å². The molecule has 2 bridgehead atoms. The molecule has 132 valence electrons. The van der Waals surface area contributed by atoms with E-state index in [1.807, 2.05) is 24.3 Å². The molecule has 0 aliphatic carbocycles. The lowest BCUT2D eigenvalue weighted by atomic mass is 9.72. The molecular weight excluding hydrogens is 312 g/mol. The monoisotopic (exact) mass is 339 g/mol. The van der Waals surface area contributed by atoms with Gasteiger partial charge in [-0.25, -0.2) is 0 Å². The third-order valence-electron chi connectivity index (χ3n) is 6.56. The third-order valence-corrected chi connectivity index (χ3v) is 6.56. The highest BCUT2D eigenvalue weighted by atomic mass is 16.5. The van der Waals surface area contributed by atoms with Gasteiger partial charge in [0, 0.05) is 30.3 Å². The van der Waals surface area contributed by atoms with Crippen LogP contribution in [0.1, 0.15) is 24.5 Å². The highest BCUT2D eigenvalue weighted by Crippen LogP contribution is 2.45. The Kier molecular flexibility index (Phi) is 4.05. The second-order valence-corrected chi connectivity index (χ2v) is 7.87. The number of piperidine rings is 3. The summed E-state index contributed by atoms with van der Waals surface area (Å²) in [5.41, 5.74) is 1.87. The lowest BCUT2D eigenvalue weighted by Crippen LogP contribution is -2.66. The van der Waals surface area contributed by atoms with Crippen LogP contribution in [0.3, 0.4) is 0 Å². The van der Waals surface area contributed by atoms with Crippen LogP contribution in [0.25, 0.3) is 10.9 Å². The van der Waals surface area contributed by atoms with Crippen molar-refractivity contribution in [2.75, 3.05) is 27.2 Å². The Morgan fingerprint density at radius 1 is 1.40 bits per heavy atom. The molecule has 3 saturated heterocycles. The Balaban J connectivity index is 1.73. The number of ether oxygens (including phenoxy) is 1. The number of likely N-dealkylation sites (N-methyl/N-ethyl adjacent to an activating group) is 1. The quantitative estimate of drug-likeness (QED) is 0.686. The molecule has 1 aromatic carbocycles. The van der Waals surface area contributed by atoms with Gasteiger partial charge in [-0.1, -0.05) is 6.08 Å². The predicted molar refractivity (Wildman–Crippen MR) is 99.4 cm³/mol. The van der Waals surface area contributed by atoms with Crippen molar-refractivity contribution in [3.05, 3.63) is 48.7 Å². The molecule has 3 unspecified atom stereocenters. The first-order chi connectivity index (χ1) is 12.1. The Hall–Kier alpha value is -1.91. The second-order valence-electron chi connectivity index (χ2n) is 7.87. The molecule has 5 atom stereocenters. The zero-order valence-corrected chi connectivity index (χ0v) is 15.1. The Labute approximate surface area is 149 Å². The summed E-state index contributed by atoms with van der Waals surface area (Å²) in [7, 11) is 3.96. The molecule has 0 radical (unpaired) electrons. The molecule has 5 rings (SSSR count). The topological polar surface area (TPSA) is 42.4 Å². The maximum Gasteiger partial charge on any atom is 0.131 e. The van der Waals surface area contributed by atoms with Gasteiger partial charge in [0.2, 0.25) is 0 Å². The van der Waals surface area contributed by atoms with Crippen LogP contribution in [0.4, 0.5) is 0 Å². The van der Waals surface area contributed by atoms with Crippen molar-refractivity contribution in [1.82, 2.24) is 4.98 Å². The lowest BCUT2D eigenvalue weighted by Gasteiger charge is -2.56. The van der Waals surface area contributed by atoms with Crippen molar-refractivity contribution < 1.29 is 14.3 Å². The van der Waals surface area contributed by atoms with Crippen molar-refractivity contribution in [2.45, 2.75) is 25.0 Å². The van der Waals surface area contributed by atoms with Crippen LogP contribution in [0.2, 0.25) is 0 Å². The minimum atomic E-state index is -0.490. The molecule has 2 aromatic rings. The van der Waals surface area contributed by atoms with Gasteiger partial charge in [-0.15, -0.1) is 6.58 Å². The summed E-state index contributed by atoms with van der Waals surface area (Å²) in [5, 5.41) is 12.3. The van der Waals surface area contributed by atoms with Crippen molar-refractivity contribution >= 4 is 10.9 Å². The van der Waals surface area contributed by atoms with Crippen molar-refractivity contribution in [2.24, 2.45) is 11.8 Å². The number of pyridine rings is 1. The highest BCUT2D eigenvalue weighted by molar-refractivity contribution is 5.83. The van der Waals surface area contributed by atoms with E-state index < -0.39 is 6.10 Å². The van der Waals surface area contributed by atoms with E-state index in [2.05, 4.69) is 24.7 Å². The number of aliphatic hydroxyl groups excluding tert-OH is 1. The van der Waals surface area contributed by atoms with Gasteiger partial charge in [-0.3, -0.25) is 4.98 Å². The SMILES string of the molecule is C=CC1C[N+]2(C)CCC1C[C@H]2[C@H](O)c1ccnc2ccc(OC)cc12. The maximum absolute atomic E-state index is 11.3. The average molecular weight is 339 g/mol. The molecule has 1 N–H and O–H groups in total. The van der Waals surface area contributed by atoms with Crippen LogP contribution in [0.5, 0.6) is 5.75 Å². The number of hydrogen-bond donors (Lipinski definition) is 1. The smallest absolute Gasteiger partial charge is 0.131 e. The maximum atomic E-state index is 11.3. The molecule has 4 heteroatoms. The molecule has 0 saturated carbocycles. The third kappa shape index (κ3) is 2.64. The molecule has 25 heavy (non-hydrogen) atoms. The van der Waals surface area contributed by atoms with Crippen LogP contribution < -0.4 is 4.74 Å². The Bertz CT molecular complexity index is 806. The summed E-state index contributed by atoms with van der Waals surface area (Å²) in [6.45, 7) is 6.26. The fourth-order valence-electron chi connectivity index (χ4n) is 5.03. The van der Waals surface area contributed by atoms with Gasteiger partial charge < -0.3 is 14.3 Å². The fourth-order valence-corrected chi connectivity index (χ4v) is 5.03. The predicted octanol–water partition coefficient (Wildman–Crippen LogP) is 3.32. The Morgan fingerprint density at radius 2 is 2.24 bits per heavy atom. The molecule has 3 aliphatic rings. The van der Waals surface area contributed by atoms with E-state index in [0.29, 0.717) is 11.8 Å². The molecule has 3 aliphatic heterocycles. The normalized spacial score (nSPS) is 32.5. The number of aliphatic hydroxyl groups is 1. The lowest BCUT2D eigenvalue weighted by molar-refractivity contribution is -0.956. The molecule has 1 aromatic heterocycles. The minimum absolute atomic E-state index is 0.228. The number of fused-ring (bicyclic) bond motifs is 4. The van der Waals surface area contributed by atoms with Gasteiger partial charge in [0.1, 0.15) is 17.9 Å². The van der Waals surface area contributed by atoms with Crippen LogP contribution in [-0.4, -0.2) is 47.9 Å². The van der Waals surface area contributed by atoms with Crippen LogP contribution in [0, 0.1) is 11.8 Å². The summed E-state index contributed by atoms with van der Waals surface area (Å²) in [6, 6.07) is 8.06. The number of benzene rings is 1. The van der Waals surface area contributed by atoms with Gasteiger partial charge in [0.15, 0.2) is 0 Å². The minimum Gasteiger partial charge on any atom is -0.497 e. The van der Waals surface area contributed by atoms with Crippen LogP contribution in [-0.2, 0) is 0 Å². The first-order valence-corrected chi connectivity index (χ1v) is 9.13. The zero-order chi connectivity index (χ0) is 17.6. The van der Waals surface area contributed by atoms with Gasteiger partial charge >= 0.3 is 0 Å². The largest absolute Gasteiger partial charge is 0.497 e. The average Bonchev–Trinajstić information content (AvgIpc) is 2.66. The molecule has 4 heterocycles. The number of nitrogens with zero attached hydrogens (tertiary/aromatic N) is 2. The first-order valence-electron chi connectivity index (χ1n) is 9.13. The first kappa shape index (κ1) is 16.6. The van der Waals surface area contributed by atoms with E-state index in [-0.39, 0.29) is 6.04 Å². The number of methoxy groups -OCH3 is 1. The molecule has 0 amide bonds. The van der Waals surface area contributed by atoms with Crippen LogP contribution >= 0.6 is 0 Å². The number of quaternary nitrogens is 1. The fraction of sp³-hybridized carbons (Fsp3) is 0.476. The number of hydrogen-bond acceptors (Lipinski definition) is 3. The molecular formula is C21H27N2O2+. The van der Waals surface area contributed by atoms with E-state index in [4.69, 9.17) is 4.74 Å². The van der Waals surface area contributed by atoms with Crippen molar-refractivity contribution in [1.29, 1.82) is 0 Å². The summed E-state index contributed by atoms with van der Waals surface area (Å²) in [4.78, 5) is 4.45.